The molecule has 1 aliphatic carbocycles. The van der Waals surface area contributed by atoms with Crippen LogP contribution in [0.3, 0.4) is 0 Å². The zero-order valence-corrected chi connectivity index (χ0v) is 17.1. The SMILES string of the molecule is CC(=O)N1C2CCC(C3CNCC(F)C3)CC2N(C(=O)C2CCCO2)C[C@@H]1C. The monoisotopic (exact) mass is 395 g/mol. The van der Waals surface area contributed by atoms with Crippen LogP contribution in [0.4, 0.5) is 4.39 Å². The molecule has 1 saturated carbocycles. The fraction of sp³-hybridized carbons (Fsp3) is 0.905. The Bertz CT molecular complexity index is 597. The minimum Gasteiger partial charge on any atom is -0.368 e. The molecule has 28 heavy (non-hydrogen) atoms. The van der Waals surface area contributed by atoms with E-state index in [2.05, 4.69) is 5.32 Å². The number of halogens is 1. The van der Waals surface area contributed by atoms with Crippen molar-refractivity contribution in [2.75, 3.05) is 26.2 Å². The number of carbonyl (C=O) groups is 2. The van der Waals surface area contributed by atoms with Crippen molar-refractivity contribution in [1.82, 2.24) is 15.1 Å². The first kappa shape index (κ1) is 20.1. The zero-order chi connectivity index (χ0) is 19.8. The molecule has 4 rings (SSSR count). The summed E-state index contributed by atoms with van der Waals surface area (Å²) in [4.78, 5) is 29.6. The van der Waals surface area contributed by atoms with Crippen LogP contribution in [0.25, 0.3) is 0 Å². The molecule has 0 spiro atoms. The summed E-state index contributed by atoms with van der Waals surface area (Å²) in [6.07, 6.45) is 3.98. The zero-order valence-electron chi connectivity index (χ0n) is 17.1. The third-order valence-corrected chi connectivity index (χ3v) is 7.36. The van der Waals surface area contributed by atoms with Gasteiger partial charge in [0.2, 0.25) is 5.91 Å². The summed E-state index contributed by atoms with van der Waals surface area (Å²) in [5.74, 6) is 0.894. The maximum absolute atomic E-state index is 14.0. The van der Waals surface area contributed by atoms with Crippen LogP contribution >= 0.6 is 0 Å². The maximum Gasteiger partial charge on any atom is 0.252 e. The molecule has 3 saturated heterocycles. The predicted octanol–water partition coefficient (Wildman–Crippen LogP) is 1.73. The smallest absolute Gasteiger partial charge is 0.252 e. The van der Waals surface area contributed by atoms with Gasteiger partial charge in [0.15, 0.2) is 0 Å². The summed E-state index contributed by atoms with van der Waals surface area (Å²) in [6, 6.07) is 0.114. The fourth-order valence-electron chi connectivity index (χ4n) is 6.12. The summed E-state index contributed by atoms with van der Waals surface area (Å²) < 4.78 is 19.6. The van der Waals surface area contributed by atoms with Gasteiger partial charge in [-0.15, -0.1) is 0 Å². The number of amides is 2. The van der Waals surface area contributed by atoms with Crippen LogP contribution in [0, 0.1) is 11.8 Å². The number of nitrogens with one attached hydrogen (secondary N) is 1. The van der Waals surface area contributed by atoms with Crippen LogP contribution in [0.15, 0.2) is 0 Å². The van der Waals surface area contributed by atoms with E-state index in [1.54, 1.807) is 6.92 Å². The molecular weight excluding hydrogens is 361 g/mol. The molecule has 158 valence electrons. The molecule has 0 aromatic carbocycles. The molecule has 6 nitrogen and oxygen atoms in total. The Morgan fingerprint density at radius 1 is 1.07 bits per heavy atom. The average molecular weight is 396 g/mol. The topological polar surface area (TPSA) is 61.9 Å². The lowest BCUT2D eigenvalue weighted by Crippen LogP contribution is -2.68. The second-order valence-corrected chi connectivity index (χ2v) is 9.23. The van der Waals surface area contributed by atoms with Crippen LogP contribution in [0.1, 0.15) is 52.4 Å². The predicted molar refractivity (Wildman–Crippen MR) is 103 cm³/mol. The Kier molecular flexibility index (Phi) is 5.93. The summed E-state index contributed by atoms with van der Waals surface area (Å²) in [5, 5.41) is 3.23. The number of nitrogens with zero attached hydrogens (tertiary/aromatic N) is 2. The molecule has 2 amide bonds. The van der Waals surface area contributed by atoms with Crippen molar-refractivity contribution in [3.63, 3.8) is 0 Å². The lowest BCUT2D eigenvalue weighted by atomic mass is 9.71. The average Bonchev–Trinajstić information content (AvgIpc) is 3.21. The Morgan fingerprint density at radius 2 is 1.89 bits per heavy atom. The van der Waals surface area contributed by atoms with Crippen molar-refractivity contribution < 1.29 is 18.7 Å². The van der Waals surface area contributed by atoms with Crippen LogP contribution < -0.4 is 5.32 Å². The molecule has 0 radical (unpaired) electrons. The van der Waals surface area contributed by atoms with Gasteiger partial charge in [-0.25, -0.2) is 4.39 Å². The number of piperazine rings is 1. The van der Waals surface area contributed by atoms with Gasteiger partial charge in [0.25, 0.3) is 5.91 Å². The summed E-state index contributed by atoms with van der Waals surface area (Å²) in [7, 11) is 0. The van der Waals surface area contributed by atoms with Gasteiger partial charge in [-0.1, -0.05) is 0 Å². The molecule has 0 aromatic heterocycles. The van der Waals surface area contributed by atoms with E-state index >= 15 is 0 Å². The number of hydrogen-bond donors (Lipinski definition) is 1. The molecular formula is C21H34FN3O3. The van der Waals surface area contributed by atoms with Crippen molar-refractivity contribution in [2.45, 2.75) is 82.8 Å². The molecule has 0 bridgehead atoms. The molecule has 6 unspecified atom stereocenters. The number of piperidine rings is 1. The minimum absolute atomic E-state index is 0.0206. The molecule has 7 atom stereocenters. The van der Waals surface area contributed by atoms with Crippen LogP contribution in [0.2, 0.25) is 0 Å². The molecule has 3 aliphatic heterocycles. The fourth-order valence-corrected chi connectivity index (χ4v) is 6.12. The van der Waals surface area contributed by atoms with E-state index in [9.17, 15) is 14.0 Å². The standard InChI is InChI=1S/C21H34FN3O3/c1-13-12-24(21(27)20-4-3-7-28-20)19-9-15(16-8-17(22)11-23-10-16)5-6-18(19)25(13)14(2)26/h13,15-20,23H,3-12H2,1-2H3/t13-,15?,16?,17?,18?,19?,20?/m0/s1. The first-order chi connectivity index (χ1) is 13.5. The normalized spacial score (nSPS) is 41.6. The second kappa shape index (κ2) is 8.27. The van der Waals surface area contributed by atoms with Gasteiger partial charge >= 0.3 is 0 Å². The van der Waals surface area contributed by atoms with Crippen molar-refractivity contribution in [3.05, 3.63) is 0 Å². The van der Waals surface area contributed by atoms with E-state index in [4.69, 9.17) is 4.74 Å². The number of alkyl halides is 1. The van der Waals surface area contributed by atoms with E-state index in [1.165, 1.54) is 0 Å². The molecule has 4 fully saturated rings. The lowest BCUT2D eigenvalue weighted by molar-refractivity contribution is -0.160. The first-order valence-corrected chi connectivity index (χ1v) is 11.0. The van der Waals surface area contributed by atoms with Gasteiger partial charge in [0.05, 0.1) is 12.1 Å². The number of ether oxygens (including phenoxy) is 1. The Morgan fingerprint density at radius 3 is 2.57 bits per heavy atom. The number of hydrogen-bond acceptors (Lipinski definition) is 4. The molecule has 4 aliphatic rings. The highest BCUT2D eigenvalue weighted by Gasteiger charge is 2.48. The highest BCUT2D eigenvalue weighted by atomic mass is 19.1. The van der Waals surface area contributed by atoms with E-state index in [-0.39, 0.29) is 36.0 Å². The third kappa shape index (κ3) is 3.80. The Labute approximate surface area is 167 Å². The molecule has 0 aromatic rings. The Hall–Kier alpha value is -1.21. The molecule has 7 heteroatoms. The summed E-state index contributed by atoms with van der Waals surface area (Å²) in [6.45, 7) is 6.21. The van der Waals surface area contributed by atoms with E-state index in [0.717, 1.165) is 38.6 Å². The second-order valence-electron chi connectivity index (χ2n) is 9.23. The van der Waals surface area contributed by atoms with Crippen LogP contribution in [-0.2, 0) is 14.3 Å². The summed E-state index contributed by atoms with van der Waals surface area (Å²) >= 11 is 0. The van der Waals surface area contributed by atoms with Crippen molar-refractivity contribution in [3.8, 4) is 0 Å². The number of rotatable bonds is 2. The van der Waals surface area contributed by atoms with Gasteiger partial charge in [-0.3, -0.25) is 9.59 Å². The third-order valence-electron chi connectivity index (χ3n) is 7.36. The van der Waals surface area contributed by atoms with E-state index in [0.29, 0.717) is 38.0 Å². The largest absolute Gasteiger partial charge is 0.368 e. The van der Waals surface area contributed by atoms with Gasteiger partial charge in [-0.2, -0.15) is 0 Å². The van der Waals surface area contributed by atoms with E-state index in [1.807, 2.05) is 16.7 Å². The first-order valence-electron chi connectivity index (χ1n) is 11.0. The number of carbonyl (C=O) groups excluding carboxylic acids is 2. The van der Waals surface area contributed by atoms with Crippen molar-refractivity contribution >= 4 is 11.8 Å². The van der Waals surface area contributed by atoms with Gasteiger partial charge in [0.1, 0.15) is 12.3 Å². The number of fused-ring (bicyclic) bond motifs is 1. The minimum atomic E-state index is -0.777. The van der Waals surface area contributed by atoms with Crippen LogP contribution in [0.5, 0.6) is 0 Å². The van der Waals surface area contributed by atoms with Crippen LogP contribution in [-0.4, -0.2) is 78.3 Å². The van der Waals surface area contributed by atoms with Gasteiger partial charge in [-0.05, 0) is 63.8 Å². The summed E-state index contributed by atoms with van der Waals surface area (Å²) in [5.41, 5.74) is 0. The highest BCUT2D eigenvalue weighted by Crippen LogP contribution is 2.41. The van der Waals surface area contributed by atoms with Crippen molar-refractivity contribution in [1.29, 1.82) is 0 Å². The van der Waals surface area contributed by atoms with Gasteiger partial charge < -0.3 is 19.9 Å². The Balaban J connectivity index is 1.55. The van der Waals surface area contributed by atoms with E-state index < -0.39 is 6.17 Å². The molecule has 3 heterocycles. The maximum atomic E-state index is 14.0. The lowest BCUT2D eigenvalue weighted by Gasteiger charge is -2.55. The molecule has 1 N–H and O–H groups in total. The highest BCUT2D eigenvalue weighted by molar-refractivity contribution is 5.82. The van der Waals surface area contributed by atoms with Gasteiger partial charge in [0, 0.05) is 32.7 Å². The quantitative estimate of drug-likeness (QED) is 0.774. The van der Waals surface area contributed by atoms with Crippen molar-refractivity contribution in [2.24, 2.45) is 11.8 Å².